The molecular weight excluding hydrogens is 242 g/mol. The molecule has 2 heterocycles. The summed E-state index contributed by atoms with van der Waals surface area (Å²) in [4.78, 5) is 13.1. The van der Waals surface area contributed by atoms with Gasteiger partial charge in [0.2, 0.25) is 0 Å². The van der Waals surface area contributed by atoms with Crippen LogP contribution in [0.5, 0.6) is 0 Å². The van der Waals surface area contributed by atoms with E-state index in [4.69, 9.17) is 0 Å². The summed E-state index contributed by atoms with van der Waals surface area (Å²) >= 11 is 0. The van der Waals surface area contributed by atoms with Gasteiger partial charge in [0.25, 0.3) is 5.69 Å². The standard InChI is InChI=1S/C14H19N3O2/c1-10-4-2-6-13(17(18)19)14(10)16-8-11-5-3-7-15-12(11)9-16/h2,4,6,11-12,15H,3,5,7-9H2,1H3/t11-,12+/m0/s1. The number of fused-ring (bicyclic) bond motifs is 1. The van der Waals surface area contributed by atoms with Crippen LogP contribution in [0, 0.1) is 23.0 Å². The van der Waals surface area contributed by atoms with Crippen LogP contribution >= 0.6 is 0 Å². The van der Waals surface area contributed by atoms with Gasteiger partial charge in [-0.2, -0.15) is 0 Å². The third-order valence-electron chi connectivity index (χ3n) is 4.33. The van der Waals surface area contributed by atoms with Crippen LogP contribution in [0.2, 0.25) is 0 Å². The van der Waals surface area contributed by atoms with E-state index in [9.17, 15) is 10.1 Å². The Balaban J connectivity index is 1.92. The van der Waals surface area contributed by atoms with Gasteiger partial charge in [-0.15, -0.1) is 0 Å². The van der Waals surface area contributed by atoms with Crippen molar-refractivity contribution < 1.29 is 4.92 Å². The van der Waals surface area contributed by atoms with Crippen molar-refractivity contribution in [3.05, 3.63) is 33.9 Å². The summed E-state index contributed by atoms with van der Waals surface area (Å²) in [6, 6.07) is 5.82. The van der Waals surface area contributed by atoms with E-state index in [1.54, 1.807) is 12.1 Å². The Bertz CT molecular complexity index is 489. The Morgan fingerprint density at radius 2 is 2.26 bits per heavy atom. The molecule has 0 spiro atoms. The molecule has 2 atom stereocenters. The Hall–Kier alpha value is -1.62. The van der Waals surface area contributed by atoms with Gasteiger partial charge < -0.3 is 10.2 Å². The van der Waals surface area contributed by atoms with Crippen molar-refractivity contribution in [1.82, 2.24) is 5.32 Å². The molecule has 2 fully saturated rings. The molecule has 2 saturated heterocycles. The van der Waals surface area contributed by atoms with E-state index in [1.165, 1.54) is 12.8 Å². The molecule has 0 aromatic heterocycles. The van der Waals surface area contributed by atoms with Gasteiger partial charge >= 0.3 is 0 Å². The zero-order valence-corrected chi connectivity index (χ0v) is 11.1. The number of aryl methyl sites for hydroxylation is 1. The summed E-state index contributed by atoms with van der Waals surface area (Å²) in [5, 5.41) is 14.7. The van der Waals surface area contributed by atoms with Crippen molar-refractivity contribution in [2.24, 2.45) is 5.92 Å². The summed E-state index contributed by atoms with van der Waals surface area (Å²) in [5.41, 5.74) is 2.04. The molecular formula is C14H19N3O2. The number of piperidine rings is 1. The number of hydrogen-bond donors (Lipinski definition) is 1. The Labute approximate surface area is 112 Å². The Morgan fingerprint density at radius 1 is 1.42 bits per heavy atom. The average molecular weight is 261 g/mol. The Kier molecular flexibility index (Phi) is 3.14. The minimum Gasteiger partial charge on any atom is -0.364 e. The largest absolute Gasteiger partial charge is 0.364 e. The van der Waals surface area contributed by atoms with Crippen LogP contribution in [0.4, 0.5) is 11.4 Å². The van der Waals surface area contributed by atoms with Gasteiger partial charge in [-0.05, 0) is 37.8 Å². The fourth-order valence-electron chi connectivity index (χ4n) is 3.43. The number of nitrogens with one attached hydrogen (secondary N) is 1. The lowest BCUT2D eigenvalue weighted by molar-refractivity contribution is -0.384. The van der Waals surface area contributed by atoms with E-state index < -0.39 is 0 Å². The number of rotatable bonds is 2. The van der Waals surface area contributed by atoms with Crippen molar-refractivity contribution in [2.75, 3.05) is 24.5 Å². The predicted octanol–water partition coefficient (Wildman–Crippen LogP) is 2.09. The van der Waals surface area contributed by atoms with Gasteiger partial charge in [-0.1, -0.05) is 12.1 Å². The highest BCUT2D eigenvalue weighted by atomic mass is 16.6. The molecule has 3 rings (SSSR count). The second-order valence-corrected chi connectivity index (χ2v) is 5.57. The number of nitro groups is 1. The number of anilines is 1. The first-order chi connectivity index (χ1) is 9.16. The van der Waals surface area contributed by atoms with Crippen molar-refractivity contribution in [3.63, 3.8) is 0 Å². The van der Waals surface area contributed by atoms with Crippen LogP contribution in [-0.2, 0) is 0 Å². The molecule has 102 valence electrons. The number of hydrogen-bond acceptors (Lipinski definition) is 4. The second-order valence-electron chi connectivity index (χ2n) is 5.57. The van der Waals surface area contributed by atoms with Gasteiger partial charge in [0.05, 0.1) is 4.92 Å². The fourth-order valence-corrected chi connectivity index (χ4v) is 3.43. The van der Waals surface area contributed by atoms with Crippen LogP contribution in [0.3, 0.4) is 0 Å². The topological polar surface area (TPSA) is 58.4 Å². The summed E-state index contributed by atoms with van der Waals surface area (Å²) in [6.07, 6.45) is 2.44. The first kappa shape index (κ1) is 12.4. The maximum absolute atomic E-state index is 11.2. The normalized spacial score (nSPS) is 26.3. The van der Waals surface area contributed by atoms with Gasteiger partial charge in [0.15, 0.2) is 0 Å². The lowest BCUT2D eigenvalue weighted by Crippen LogP contribution is -2.40. The van der Waals surface area contributed by atoms with E-state index in [0.717, 1.165) is 30.9 Å². The quantitative estimate of drug-likeness (QED) is 0.654. The zero-order valence-electron chi connectivity index (χ0n) is 11.1. The predicted molar refractivity (Wildman–Crippen MR) is 74.6 cm³/mol. The number of benzene rings is 1. The lowest BCUT2D eigenvalue weighted by atomic mass is 9.94. The molecule has 0 aliphatic carbocycles. The number of nitro benzene ring substituents is 1. The SMILES string of the molecule is Cc1cccc([N+](=O)[O-])c1N1C[C@@H]2CCCN[C@@H]2C1. The van der Waals surface area contributed by atoms with E-state index in [0.29, 0.717) is 12.0 Å². The molecule has 5 heteroatoms. The summed E-state index contributed by atoms with van der Waals surface area (Å²) < 4.78 is 0. The fraction of sp³-hybridized carbons (Fsp3) is 0.571. The Morgan fingerprint density at radius 3 is 3.00 bits per heavy atom. The van der Waals surface area contributed by atoms with Gasteiger partial charge in [-0.3, -0.25) is 10.1 Å². The van der Waals surface area contributed by atoms with Crippen molar-refractivity contribution >= 4 is 11.4 Å². The van der Waals surface area contributed by atoms with Crippen LogP contribution in [-0.4, -0.2) is 30.6 Å². The molecule has 1 aromatic rings. The molecule has 0 unspecified atom stereocenters. The average Bonchev–Trinajstić information content (AvgIpc) is 2.81. The number of para-hydroxylation sites is 1. The highest BCUT2D eigenvalue weighted by Gasteiger charge is 2.36. The second kappa shape index (κ2) is 4.81. The van der Waals surface area contributed by atoms with E-state index in [2.05, 4.69) is 10.2 Å². The van der Waals surface area contributed by atoms with Gasteiger partial charge in [0.1, 0.15) is 5.69 Å². The summed E-state index contributed by atoms with van der Waals surface area (Å²) in [5.74, 6) is 0.632. The molecule has 19 heavy (non-hydrogen) atoms. The van der Waals surface area contributed by atoms with Crippen LogP contribution in [0.15, 0.2) is 18.2 Å². The van der Waals surface area contributed by atoms with Crippen molar-refractivity contribution in [3.8, 4) is 0 Å². The zero-order chi connectivity index (χ0) is 13.4. The first-order valence-corrected chi connectivity index (χ1v) is 6.89. The third kappa shape index (κ3) is 2.18. The molecule has 1 aromatic carbocycles. The van der Waals surface area contributed by atoms with Crippen LogP contribution < -0.4 is 10.2 Å². The van der Waals surface area contributed by atoms with Gasteiger partial charge in [0, 0.05) is 25.2 Å². The maximum atomic E-state index is 11.2. The first-order valence-electron chi connectivity index (χ1n) is 6.89. The lowest BCUT2D eigenvalue weighted by Gasteiger charge is -2.24. The van der Waals surface area contributed by atoms with Crippen LogP contribution in [0.25, 0.3) is 0 Å². The highest BCUT2D eigenvalue weighted by Crippen LogP contribution is 2.36. The highest BCUT2D eigenvalue weighted by molar-refractivity contribution is 5.68. The molecule has 0 bridgehead atoms. The molecule has 0 amide bonds. The smallest absolute Gasteiger partial charge is 0.292 e. The minimum atomic E-state index is -0.266. The van der Waals surface area contributed by atoms with Crippen LogP contribution in [0.1, 0.15) is 18.4 Å². The van der Waals surface area contributed by atoms with Gasteiger partial charge in [-0.25, -0.2) is 0 Å². The molecule has 5 nitrogen and oxygen atoms in total. The summed E-state index contributed by atoms with van der Waals surface area (Å²) in [7, 11) is 0. The molecule has 0 radical (unpaired) electrons. The number of nitrogens with zero attached hydrogens (tertiary/aromatic N) is 2. The van der Waals surface area contributed by atoms with E-state index >= 15 is 0 Å². The molecule has 1 N–H and O–H groups in total. The monoisotopic (exact) mass is 261 g/mol. The molecule has 0 saturated carbocycles. The van der Waals surface area contributed by atoms with E-state index in [-0.39, 0.29) is 10.6 Å². The minimum absolute atomic E-state index is 0.235. The maximum Gasteiger partial charge on any atom is 0.292 e. The van der Waals surface area contributed by atoms with Crippen molar-refractivity contribution in [1.29, 1.82) is 0 Å². The van der Waals surface area contributed by atoms with E-state index in [1.807, 2.05) is 13.0 Å². The molecule has 2 aliphatic rings. The summed E-state index contributed by atoms with van der Waals surface area (Å²) in [6.45, 7) is 4.85. The third-order valence-corrected chi connectivity index (χ3v) is 4.33. The van der Waals surface area contributed by atoms with Crippen molar-refractivity contribution in [2.45, 2.75) is 25.8 Å². The molecule has 2 aliphatic heterocycles.